The zero-order chi connectivity index (χ0) is 8.27. The molecule has 11 heavy (non-hydrogen) atoms. The van der Waals surface area contributed by atoms with E-state index in [-0.39, 0.29) is 5.91 Å². The summed E-state index contributed by atoms with van der Waals surface area (Å²) >= 11 is 0.339. The molecule has 0 aromatic heterocycles. The first-order chi connectivity index (χ1) is 5.25. The quantitative estimate of drug-likeness (QED) is 0.700. The van der Waals surface area contributed by atoms with Crippen molar-refractivity contribution in [1.82, 2.24) is 0 Å². The van der Waals surface area contributed by atoms with E-state index in [1.807, 2.05) is 18.2 Å². The van der Waals surface area contributed by atoms with Crippen LogP contribution in [0.3, 0.4) is 0 Å². The van der Waals surface area contributed by atoms with Crippen LogP contribution in [0.4, 0.5) is 0 Å². The summed E-state index contributed by atoms with van der Waals surface area (Å²) in [4.78, 5) is 10.8. The molecule has 0 atom stereocenters. The van der Waals surface area contributed by atoms with Gasteiger partial charge in [-0.25, -0.2) is 0 Å². The van der Waals surface area contributed by atoms with Crippen molar-refractivity contribution in [3.05, 3.63) is 29.8 Å². The molecule has 2 N–H and O–H groups in total. The van der Waals surface area contributed by atoms with Crippen LogP contribution in [0.15, 0.2) is 24.3 Å². The Bertz CT molecular complexity index is 273. The van der Waals surface area contributed by atoms with Gasteiger partial charge >= 0.3 is 71.5 Å². The Kier molecular flexibility index (Phi) is 2.69. The second-order valence-corrected chi connectivity index (χ2v) is 3.84. The van der Waals surface area contributed by atoms with Crippen LogP contribution in [0.5, 0.6) is 0 Å². The summed E-state index contributed by atoms with van der Waals surface area (Å²) in [7, 11) is 0. The molecule has 0 spiro atoms. The number of rotatable bonds is 2. The minimum atomic E-state index is -0.329. The number of benzene rings is 1. The van der Waals surface area contributed by atoms with E-state index >= 15 is 0 Å². The van der Waals surface area contributed by atoms with Crippen LogP contribution in [0.1, 0.15) is 10.4 Å². The summed E-state index contributed by atoms with van der Waals surface area (Å²) in [5.41, 5.74) is 5.82. The van der Waals surface area contributed by atoms with Crippen LogP contribution in [0.25, 0.3) is 0 Å². The van der Waals surface area contributed by atoms with Gasteiger partial charge in [0.15, 0.2) is 0 Å². The zero-order valence-electron chi connectivity index (χ0n) is 6.20. The van der Waals surface area contributed by atoms with Crippen LogP contribution in [0.2, 0.25) is 5.82 Å². The third kappa shape index (κ3) is 1.82. The van der Waals surface area contributed by atoms with E-state index in [9.17, 15) is 4.79 Å². The van der Waals surface area contributed by atoms with Crippen molar-refractivity contribution in [3.63, 3.8) is 0 Å². The molecule has 0 aliphatic heterocycles. The summed E-state index contributed by atoms with van der Waals surface area (Å²) in [6.45, 7) is 0. The Hall–Kier alpha value is -0.791. The Morgan fingerprint density at radius 3 is 2.55 bits per heavy atom. The monoisotopic (exact) mass is 215 g/mol. The first kappa shape index (κ1) is 8.31. The van der Waals surface area contributed by atoms with Gasteiger partial charge in [0.1, 0.15) is 0 Å². The average molecular weight is 214 g/mol. The molecule has 3 heteroatoms. The van der Waals surface area contributed by atoms with Gasteiger partial charge in [-0.3, -0.25) is 0 Å². The topological polar surface area (TPSA) is 43.1 Å². The predicted molar refractivity (Wildman–Crippen MR) is 46.2 cm³/mol. The number of primary amides is 1. The SMILES string of the molecule is C[Se]c1ccccc1C(N)=O. The zero-order valence-corrected chi connectivity index (χ0v) is 7.92. The third-order valence-corrected chi connectivity index (χ3v) is 3.04. The van der Waals surface area contributed by atoms with E-state index in [1.165, 1.54) is 0 Å². The minimum absolute atomic E-state index is 0.329. The Morgan fingerprint density at radius 1 is 1.45 bits per heavy atom. The van der Waals surface area contributed by atoms with E-state index in [1.54, 1.807) is 6.07 Å². The Balaban J connectivity index is 3.12. The summed E-state index contributed by atoms with van der Waals surface area (Å²) in [5, 5.41) is 0. The molecule has 0 unspecified atom stereocenters. The van der Waals surface area contributed by atoms with E-state index in [0.717, 1.165) is 4.46 Å². The molecule has 0 saturated carbocycles. The fourth-order valence-corrected chi connectivity index (χ4v) is 2.11. The number of amides is 1. The molecule has 0 fully saturated rings. The predicted octanol–water partition coefficient (Wildman–Crippen LogP) is 0.163. The molecule has 0 aliphatic carbocycles. The second kappa shape index (κ2) is 3.56. The number of carbonyl (C=O) groups excluding carboxylic acids is 1. The van der Waals surface area contributed by atoms with Crippen molar-refractivity contribution in [2.75, 3.05) is 0 Å². The fourth-order valence-electron chi connectivity index (χ4n) is 0.848. The molecule has 0 radical (unpaired) electrons. The van der Waals surface area contributed by atoms with Gasteiger partial charge in [0.2, 0.25) is 0 Å². The first-order valence-corrected chi connectivity index (χ1v) is 5.75. The fraction of sp³-hybridized carbons (Fsp3) is 0.125. The molecule has 2 nitrogen and oxygen atoms in total. The normalized spacial score (nSPS) is 9.55. The van der Waals surface area contributed by atoms with E-state index < -0.39 is 0 Å². The molecule has 1 rings (SSSR count). The number of carbonyl (C=O) groups is 1. The van der Waals surface area contributed by atoms with Crippen LogP contribution < -0.4 is 10.2 Å². The molecular weight excluding hydrogens is 205 g/mol. The van der Waals surface area contributed by atoms with E-state index in [2.05, 4.69) is 5.82 Å². The standard InChI is InChI=1S/C8H9NOSe/c1-11-7-5-3-2-4-6(7)8(9)10/h2-5H,1H3,(H2,9,10). The van der Waals surface area contributed by atoms with Crippen molar-refractivity contribution in [2.45, 2.75) is 5.82 Å². The molecule has 0 bridgehead atoms. The molecule has 1 amide bonds. The van der Waals surface area contributed by atoms with Crippen LogP contribution in [-0.2, 0) is 0 Å². The van der Waals surface area contributed by atoms with Gasteiger partial charge in [-0.15, -0.1) is 0 Å². The van der Waals surface area contributed by atoms with Crippen LogP contribution >= 0.6 is 0 Å². The Morgan fingerprint density at radius 2 is 2.09 bits per heavy atom. The molecule has 1 aromatic rings. The maximum atomic E-state index is 10.8. The van der Waals surface area contributed by atoms with Crippen molar-refractivity contribution in [2.24, 2.45) is 5.73 Å². The van der Waals surface area contributed by atoms with Crippen molar-refractivity contribution in [1.29, 1.82) is 0 Å². The van der Waals surface area contributed by atoms with Gasteiger partial charge in [-0.2, -0.15) is 0 Å². The number of hydrogen-bond donors (Lipinski definition) is 1. The van der Waals surface area contributed by atoms with Gasteiger partial charge in [0, 0.05) is 0 Å². The van der Waals surface area contributed by atoms with Gasteiger partial charge in [-0.05, 0) is 0 Å². The van der Waals surface area contributed by atoms with Gasteiger partial charge in [0.25, 0.3) is 0 Å². The summed E-state index contributed by atoms with van der Waals surface area (Å²) in [5.74, 6) is 1.73. The van der Waals surface area contributed by atoms with Gasteiger partial charge in [0.05, 0.1) is 0 Å². The summed E-state index contributed by atoms with van der Waals surface area (Å²) < 4.78 is 1.08. The third-order valence-electron chi connectivity index (χ3n) is 1.37. The molecular formula is C8H9NOSe. The Labute approximate surface area is 71.9 Å². The first-order valence-electron chi connectivity index (χ1n) is 3.18. The van der Waals surface area contributed by atoms with Crippen molar-refractivity contribution in [3.8, 4) is 0 Å². The maximum absolute atomic E-state index is 10.8. The molecule has 0 heterocycles. The van der Waals surface area contributed by atoms with E-state index in [0.29, 0.717) is 20.5 Å². The average Bonchev–Trinajstić information content (AvgIpc) is 2.04. The molecule has 0 aliphatic rings. The number of hydrogen-bond acceptors (Lipinski definition) is 1. The van der Waals surface area contributed by atoms with Crippen LogP contribution in [0, 0.1) is 0 Å². The molecule has 0 saturated heterocycles. The summed E-state index contributed by atoms with van der Waals surface area (Å²) in [6, 6.07) is 7.46. The van der Waals surface area contributed by atoms with Crippen molar-refractivity contribution >= 4 is 25.3 Å². The van der Waals surface area contributed by atoms with Gasteiger partial charge in [-0.1, -0.05) is 0 Å². The van der Waals surface area contributed by atoms with E-state index in [4.69, 9.17) is 5.73 Å². The molecule has 1 aromatic carbocycles. The van der Waals surface area contributed by atoms with Crippen molar-refractivity contribution < 1.29 is 4.79 Å². The van der Waals surface area contributed by atoms with Crippen LogP contribution in [-0.4, -0.2) is 20.9 Å². The number of nitrogens with two attached hydrogens (primary N) is 1. The second-order valence-electron chi connectivity index (χ2n) is 2.06. The molecule has 58 valence electrons. The van der Waals surface area contributed by atoms with Gasteiger partial charge < -0.3 is 0 Å². The summed E-state index contributed by atoms with van der Waals surface area (Å²) in [6.07, 6.45) is 0.